The molecule has 0 bridgehead atoms. The van der Waals surface area contributed by atoms with Gasteiger partial charge in [-0.05, 0) is 19.3 Å². The van der Waals surface area contributed by atoms with Gasteiger partial charge in [-0.3, -0.25) is 14.6 Å². The van der Waals surface area contributed by atoms with Crippen LogP contribution in [0, 0.1) is 0 Å². The molecule has 3 nitrogen and oxygen atoms in total. The molecule has 0 saturated heterocycles. The molecule has 15 heavy (non-hydrogen) atoms. The number of H-pyrrole nitrogens is 1. The van der Waals surface area contributed by atoms with Crippen molar-refractivity contribution in [2.24, 2.45) is 0 Å². The molecule has 0 amide bonds. The van der Waals surface area contributed by atoms with Crippen LogP contribution >= 0.6 is 0 Å². The molecule has 1 N–H and O–H groups in total. The van der Waals surface area contributed by atoms with Gasteiger partial charge in [0.05, 0.1) is 0 Å². The minimum Gasteiger partial charge on any atom is -0.299 e. The number of aromatic nitrogens is 2. The van der Waals surface area contributed by atoms with Crippen molar-refractivity contribution in [3.63, 3.8) is 0 Å². The van der Waals surface area contributed by atoms with E-state index >= 15 is 0 Å². The molecule has 0 unspecified atom stereocenters. The Morgan fingerprint density at radius 2 is 1.93 bits per heavy atom. The van der Waals surface area contributed by atoms with Crippen molar-refractivity contribution in [2.75, 3.05) is 0 Å². The van der Waals surface area contributed by atoms with Crippen molar-refractivity contribution in [3.05, 3.63) is 21.6 Å². The van der Waals surface area contributed by atoms with E-state index in [9.17, 15) is 4.79 Å². The van der Waals surface area contributed by atoms with Gasteiger partial charge in [-0.2, -0.15) is 0 Å². The molecular formula is C12H22N2O. The fourth-order valence-corrected chi connectivity index (χ4v) is 1.87. The molecule has 1 aromatic heterocycles. The molecule has 1 aromatic rings. The Morgan fingerprint density at radius 3 is 2.47 bits per heavy atom. The number of hydrogen-bond acceptors (Lipinski definition) is 1. The molecule has 3 heteroatoms. The van der Waals surface area contributed by atoms with E-state index in [2.05, 4.69) is 18.9 Å². The van der Waals surface area contributed by atoms with E-state index in [0.717, 1.165) is 49.9 Å². The van der Waals surface area contributed by atoms with Crippen LogP contribution in [0.25, 0.3) is 0 Å². The van der Waals surface area contributed by atoms with Crippen LogP contribution in [-0.4, -0.2) is 9.78 Å². The van der Waals surface area contributed by atoms with E-state index in [0.29, 0.717) is 0 Å². The minimum atomic E-state index is 0.189. The van der Waals surface area contributed by atoms with E-state index in [1.807, 2.05) is 6.92 Å². The van der Waals surface area contributed by atoms with Crippen molar-refractivity contribution >= 4 is 0 Å². The maximum Gasteiger partial charge on any atom is 0.269 e. The van der Waals surface area contributed by atoms with Crippen LogP contribution in [0.1, 0.15) is 51.3 Å². The van der Waals surface area contributed by atoms with E-state index in [1.54, 1.807) is 4.68 Å². The molecule has 1 rings (SSSR count). The van der Waals surface area contributed by atoms with Crippen LogP contribution in [-0.2, 0) is 19.4 Å². The molecule has 0 atom stereocenters. The smallest absolute Gasteiger partial charge is 0.269 e. The number of nitrogens with one attached hydrogen (secondary N) is 1. The number of rotatable bonds is 6. The fourth-order valence-electron chi connectivity index (χ4n) is 1.87. The lowest BCUT2D eigenvalue weighted by Gasteiger charge is -1.99. The Balaban J connectivity index is 2.93. The average molecular weight is 210 g/mol. The van der Waals surface area contributed by atoms with Crippen molar-refractivity contribution in [1.29, 1.82) is 0 Å². The van der Waals surface area contributed by atoms with Gasteiger partial charge >= 0.3 is 0 Å². The number of aromatic amines is 1. The van der Waals surface area contributed by atoms with E-state index in [4.69, 9.17) is 0 Å². The van der Waals surface area contributed by atoms with Crippen molar-refractivity contribution < 1.29 is 0 Å². The van der Waals surface area contributed by atoms with Gasteiger partial charge < -0.3 is 0 Å². The van der Waals surface area contributed by atoms with Gasteiger partial charge in [0.2, 0.25) is 0 Å². The fraction of sp³-hybridized carbons (Fsp3) is 0.750. The highest BCUT2D eigenvalue weighted by Crippen LogP contribution is 2.06. The topological polar surface area (TPSA) is 37.8 Å². The lowest BCUT2D eigenvalue weighted by molar-refractivity contribution is 0.550. The molecule has 0 aliphatic heterocycles. The first-order valence-electron chi connectivity index (χ1n) is 6.05. The summed E-state index contributed by atoms with van der Waals surface area (Å²) in [6.45, 7) is 7.16. The van der Waals surface area contributed by atoms with Crippen LogP contribution in [0.2, 0.25) is 0 Å². The number of nitrogens with zero attached hydrogens (tertiary/aromatic N) is 1. The van der Waals surface area contributed by atoms with E-state index < -0.39 is 0 Å². The third-order valence-corrected chi connectivity index (χ3v) is 2.73. The molecule has 1 heterocycles. The Labute approximate surface area is 91.5 Å². The molecule has 0 radical (unpaired) electrons. The summed E-state index contributed by atoms with van der Waals surface area (Å²) < 4.78 is 1.77. The first-order valence-corrected chi connectivity index (χ1v) is 6.05. The zero-order chi connectivity index (χ0) is 11.3. The Bertz CT molecular complexity index is 349. The molecule has 0 aliphatic carbocycles. The Morgan fingerprint density at radius 1 is 1.20 bits per heavy atom. The number of unbranched alkanes of at least 4 members (excludes halogenated alkanes) is 1. The van der Waals surface area contributed by atoms with E-state index in [-0.39, 0.29) is 5.56 Å². The molecule has 86 valence electrons. The van der Waals surface area contributed by atoms with Crippen LogP contribution < -0.4 is 5.56 Å². The Kier molecular flexibility index (Phi) is 4.66. The summed E-state index contributed by atoms with van der Waals surface area (Å²) >= 11 is 0. The van der Waals surface area contributed by atoms with Gasteiger partial charge in [0.25, 0.3) is 5.56 Å². The van der Waals surface area contributed by atoms with Gasteiger partial charge in [-0.15, -0.1) is 0 Å². The van der Waals surface area contributed by atoms with Crippen molar-refractivity contribution in [3.8, 4) is 0 Å². The predicted octanol–water partition coefficient (Wildman–Crippen LogP) is 2.49. The standard InChI is InChI=1S/C12H22N2O/c1-4-7-9-14-12(15)10(6-3)11(13-14)8-5-2/h13H,4-9H2,1-3H3. The first kappa shape index (κ1) is 12.1. The van der Waals surface area contributed by atoms with E-state index in [1.165, 1.54) is 0 Å². The summed E-state index contributed by atoms with van der Waals surface area (Å²) in [6, 6.07) is 0. The highest BCUT2D eigenvalue weighted by molar-refractivity contribution is 5.17. The second-order valence-electron chi connectivity index (χ2n) is 3.98. The van der Waals surface area contributed by atoms with Gasteiger partial charge in [0.15, 0.2) is 0 Å². The zero-order valence-electron chi connectivity index (χ0n) is 10.1. The van der Waals surface area contributed by atoms with Crippen LogP contribution in [0.4, 0.5) is 0 Å². The monoisotopic (exact) mass is 210 g/mol. The summed E-state index contributed by atoms with van der Waals surface area (Å²) in [7, 11) is 0. The van der Waals surface area contributed by atoms with Crippen LogP contribution in [0.15, 0.2) is 4.79 Å². The number of hydrogen-bond donors (Lipinski definition) is 1. The minimum absolute atomic E-state index is 0.189. The maximum atomic E-state index is 11.9. The lowest BCUT2D eigenvalue weighted by atomic mass is 10.1. The first-order chi connectivity index (χ1) is 7.24. The van der Waals surface area contributed by atoms with Gasteiger partial charge in [0, 0.05) is 17.8 Å². The van der Waals surface area contributed by atoms with Crippen molar-refractivity contribution in [1.82, 2.24) is 9.78 Å². The second kappa shape index (κ2) is 5.79. The molecule has 0 aliphatic rings. The molecule has 0 aromatic carbocycles. The third-order valence-electron chi connectivity index (χ3n) is 2.73. The Hall–Kier alpha value is -0.990. The summed E-state index contributed by atoms with van der Waals surface area (Å²) in [5, 5.41) is 3.24. The van der Waals surface area contributed by atoms with Crippen LogP contribution in [0.3, 0.4) is 0 Å². The largest absolute Gasteiger partial charge is 0.299 e. The predicted molar refractivity (Wildman–Crippen MR) is 63.3 cm³/mol. The average Bonchev–Trinajstić information content (AvgIpc) is 2.52. The quantitative estimate of drug-likeness (QED) is 0.769. The van der Waals surface area contributed by atoms with Gasteiger partial charge in [-0.25, -0.2) is 0 Å². The summed E-state index contributed by atoms with van der Waals surface area (Å²) in [6.07, 6.45) is 5.09. The molecular weight excluding hydrogens is 188 g/mol. The maximum absolute atomic E-state index is 11.9. The molecule has 0 spiro atoms. The van der Waals surface area contributed by atoms with Crippen molar-refractivity contribution in [2.45, 2.75) is 59.4 Å². The summed E-state index contributed by atoms with van der Waals surface area (Å²) in [5.41, 5.74) is 2.31. The third kappa shape index (κ3) is 2.74. The zero-order valence-corrected chi connectivity index (χ0v) is 10.1. The highest BCUT2D eigenvalue weighted by atomic mass is 16.1. The summed E-state index contributed by atoms with van der Waals surface area (Å²) in [5.74, 6) is 0. The SMILES string of the molecule is CCCCn1[nH]c(CCC)c(CC)c1=O. The molecule has 0 saturated carbocycles. The second-order valence-corrected chi connectivity index (χ2v) is 3.98. The number of aryl methyl sites for hydroxylation is 2. The highest BCUT2D eigenvalue weighted by Gasteiger charge is 2.10. The van der Waals surface area contributed by atoms with Gasteiger partial charge in [0.1, 0.15) is 0 Å². The van der Waals surface area contributed by atoms with Crippen LogP contribution in [0.5, 0.6) is 0 Å². The van der Waals surface area contributed by atoms with Gasteiger partial charge in [-0.1, -0.05) is 33.6 Å². The lowest BCUT2D eigenvalue weighted by Crippen LogP contribution is -2.18. The molecule has 0 fully saturated rings. The normalized spacial score (nSPS) is 10.9. The summed E-state index contributed by atoms with van der Waals surface area (Å²) in [4.78, 5) is 11.9.